The lowest BCUT2D eigenvalue weighted by Gasteiger charge is -2.62. The molecule has 0 heterocycles. The molecule has 20 atom stereocenters. The molecule has 0 aromatic rings. The molecule has 8 aliphatic rings. The first-order valence-electron chi connectivity index (χ1n) is 24.0. The number of hydrogen-bond donors (Lipinski definition) is 4. The van der Waals surface area contributed by atoms with Crippen LogP contribution >= 0.6 is 0 Å². The highest BCUT2D eigenvalue weighted by molar-refractivity contribution is 5.71. The number of esters is 2. The average molecular weight is 797 g/mol. The van der Waals surface area contributed by atoms with Gasteiger partial charge in [0.2, 0.25) is 6.79 Å². The van der Waals surface area contributed by atoms with Crippen molar-refractivity contribution in [2.75, 3.05) is 6.79 Å². The van der Waals surface area contributed by atoms with Crippen LogP contribution in [0.2, 0.25) is 0 Å². The van der Waals surface area contributed by atoms with Crippen LogP contribution in [-0.4, -0.2) is 63.6 Å². The van der Waals surface area contributed by atoms with Crippen molar-refractivity contribution in [3.05, 3.63) is 0 Å². The molecular weight excluding hydrogens is 717 g/mol. The molecule has 4 N–H and O–H groups in total. The number of fused-ring (bicyclic) bond motifs is 10. The molecule has 8 aliphatic carbocycles. The van der Waals surface area contributed by atoms with Crippen molar-refractivity contribution < 1.29 is 39.5 Å². The smallest absolute Gasteiger partial charge is 0.308 e. The number of hydrogen-bond acceptors (Lipinski definition) is 8. The van der Waals surface area contributed by atoms with Crippen LogP contribution in [0.1, 0.15) is 170 Å². The van der Waals surface area contributed by atoms with Crippen molar-refractivity contribution in [3.63, 3.8) is 0 Å². The van der Waals surface area contributed by atoms with Crippen LogP contribution in [0.5, 0.6) is 0 Å². The van der Waals surface area contributed by atoms with Crippen LogP contribution in [-0.2, 0) is 19.1 Å². The predicted octanol–water partition coefficient (Wildman–Crippen LogP) is 8.84. The Kier molecular flexibility index (Phi) is 11.9. The second-order valence-electron chi connectivity index (χ2n) is 23.0. The summed E-state index contributed by atoms with van der Waals surface area (Å²) >= 11 is 0. The van der Waals surface area contributed by atoms with E-state index in [0.717, 1.165) is 77.0 Å². The van der Waals surface area contributed by atoms with E-state index in [1.165, 1.54) is 25.7 Å². The van der Waals surface area contributed by atoms with E-state index in [-0.39, 0.29) is 89.5 Å². The van der Waals surface area contributed by atoms with Crippen LogP contribution in [0, 0.1) is 92.7 Å². The Labute approximate surface area is 344 Å². The quantitative estimate of drug-likeness (QED) is 0.127. The van der Waals surface area contributed by atoms with E-state index >= 15 is 0 Å². The third kappa shape index (κ3) is 7.08. The van der Waals surface area contributed by atoms with Gasteiger partial charge in [-0.25, -0.2) is 0 Å². The van der Waals surface area contributed by atoms with Crippen molar-refractivity contribution in [1.82, 2.24) is 0 Å². The topological polar surface area (TPSA) is 134 Å². The van der Waals surface area contributed by atoms with Crippen molar-refractivity contribution in [2.24, 2.45) is 92.7 Å². The highest BCUT2D eigenvalue weighted by Crippen LogP contribution is 2.70. The van der Waals surface area contributed by atoms with Crippen LogP contribution in [0.25, 0.3) is 0 Å². The van der Waals surface area contributed by atoms with E-state index in [9.17, 15) is 30.0 Å². The molecule has 0 saturated heterocycles. The second-order valence-corrected chi connectivity index (χ2v) is 23.0. The summed E-state index contributed by atoms with van der Waals surface area (Å²) in [6, 6.07) is 0. The standard InChI is InChI=1S/C49H80O8/c1-28(36-13-15-38-34-11-9-30-23-32(50)19-21-46(30,3)40(34)25-42(52)48(36,38)5)7-17-44(54)56-27-57-45(55)18-8-29(2)37-14-16-39-35-12-10-31-24-33(51)20-22-47(31,4)41(35)26-43(53)49(37,39)6/h28-43,50-53H,7-27H2,1-6H3. The molecule has 0 radical (unpaired) electrons. The van der Waals surface area contributed by atoms with Crippen molar-refractivity contribution >= 4 is 11.9 Å². The zero-order valence-electron chi connectivity index (χ0n) is 36.5. The number of carbonyl (C=O) groups excluding carboxylic acids is 2. The normalized spacial score (nSPS) is 51.2. The first-order valence-corrected chi connectivity index (χ1v) is 24.0. The largest absolute Gasteiger partial charge is 0.428 e. The monoisotopic (exact) mass is 797 g/mol. The fraction of sp³-hybridized carbons (Fsp3) is 0.959. The second kappa shape index (κ2) is 15.9. The highest BCUT2D eigenvalue weighted by atomic mass is 16.7. The number of aliphatic hydroxyl groups is 4. The summed E-state index contributed by atoms with van der Waals surface area (Å²) < 4.78 is 10.9. The molecule has 8 fully saturated rings. The molecule has 0 aromatic carbocycles. The Balaban J connectivity index is 0.771. The minimum absolute atomic E-state index is 0.138. The summed E-state index contributed by atoms with van der Waals surface area (Å²) in [5.74, 6) is 5.13. The number of aliphatic hydroxyl groups excluding tert-OH is 4. The van der Waals surface area contributed by atoms with Gasteiger partial charge in [0.1, 0.15) is 0 Å². The number of carbonyl (C=O) groups is 2. The number of rotatable bonds is 10. The Morgan fingerprint density at radius 2 is 0.947 bits per heavy atom. The lowest BCUT2D eigenvalue weighted by Crippen LogP contribution is -2.58. The van der Waals surface area contributed by atoms with Gasteiger partial charge in [-0.3, -0.25) is 9.59 Å². The number of ether oxygens (including phenoxy) is 2. The first kappa shape index (κ1) is 42.5. The van der Waals surface area contributed by atoms with Gasteiger partial charge < -0.3 is 29.9 Å². The maximum absolute atomic E-state index is 12.9. The van der Waals surface area contributed by atoms with Crippen LogP contribution in [0.3, 0.4) is 0 Å². The van der Waals surface area contributed by atoms with E-state index in [4.69, 9.17) is 9.47 Å². The van der Waals surface area contributed by atoms with Gasteiger partial charge in [-0.05, 0) is 208 Å². The van der Waals surface area contributed by atoms with E-state index < -0.39 is 0 Å². The molecule has 8 nitrogen and oxygen atoms in total. The van der Waals surface area contributed by atoms with Crippen molar-refractivity contribution in [1.29, 1.82) is 0 Å². The zero-order chi connectivity index (χ0) is 40.7. The molecule has 0 aromatic heterocycles. The van der Waals surface area contributed by atoms with Gasteiger partial charge in [-0.15, -0.1) is 0 Å². The maximum Gasteiger partial charge on any atom is 0.308 e. The van der Waals surface area contributed by atoms with Crippen molar-refractivity contribution in [2.45, 2.75) is 194 Å². The maximum atomic E-state index is 12.9. The van der Waals surface area contributed by atoms with Gasteiger partial charge in [0.15, 0.2) is 0 Å². The Bertz CT molecular complexity index is 1360. The van der Waals surface area contributed by atoms with Gasteiger partial charge in [-0.2, -0.15) is 0 Å². The molecule has 57 heavy (non-hydrogen) atoms. The Morgan fingerprint density at radius 1 is 0.544 bits per heavy atom. The fourth-order valence-electron chi connectivity index (χ4n) is 17.7. The first-order chi connectivity index (χ1) is 27.0. The van der Waals surface area contributed by atoms with Crippen LogP contribution in [0.15, 0.2) is 0 Å². The lowest BCUT2D eigenvalue weighted by molar-refractivity contribution is -0.176. The summed E-state index contributed by atoms with van der Waals surface area (Å²) in [5, 5.41) is 44.6. The predicted molar refractivity (Wildman–Crippen MR) is 219 cm³/mol. The van der Waals surface area contributed by atoms with Gasteiger partial charge >= 0.3 is 11.9 Å². The zero-order valence-corrected chi connectivity index (χ0v) is 36.5. The Morgan fingerprint density at radius 3 is 1.35 bits per heavy atom. The van der Waals surface area contributed by atoms with E-state index in [2.05, 4.69) is 41.5 Å². The van der Waals surface area contributed by atoms with Crippen molar-refractivity contribution in [3.8, 4) is 0 Å². The van der Waals surface area contributed by atoms with Gasteiger partial charge in [0.25, 0.3) is 0 Å². The van der Waals surface area contributed by atoms with E-state index in [1.807, 2.05) is 0 Å². The molecule has 8 heteroatoms. The molecule has 324 valence electrons. The summed E-state index contributed by atoms with van der Waals surface area (Å²) in [5.41, 5.74) is 0.169. The molecule has 8 rings (SSSR count). The molecule has 0 amide bonds. The minimum atomic E-state index is -0.343. The average Bonchev–Trinajstić information content (AvgIpc) is 3.73. The Hall–Kier alpha value is -1.22. The van der Waals surface area contributed by atoms with E-state index in [0.29, 0.717) is 72.0 Å². The summed E-state index contributed by atoms with van der Waals surface area (Å²) in [6.45, 7) is 13.8. The van der Waals surface area contributed by atoms with Crippen LogP contribution in [0.4, 0.5) is 0 Å². The third-order valence-corrected chi connectivity index (χ3v) is 21.1. The molecule has 20 unspecified atom stereocenters. The molecular formula is C49H80O8. The van der Waals surface area contributed by atoms with Crippen LogP contribution < -0.4 is 0 Å². The van der Waals surface area contributed by atoms with E-state index in [1.54, 1.807) is 0 Å². The summed E-state index contributed by atoms with van der Waals surface area (Å²) in [4.78, 5) is 25.8. The summed E-state index contributed by atoms with van der Waals surface area (Å²) in [6.07, 6.45) is 17.8. The molecule has 8 saturated carbocycles. The summed E-state index contributed by atoms with van der Waals surface area (Å²) in [7, 11) is 0. The van der Waals surface area contributed by atoms with Gasteiger partial charge in [-0.1, -0.05) is 41.5 Å². The molecule has 0 bridgehead atoms. The lowest BCUT2D eigenvalue weighted by atomic mass is 9.43. The third-order valence-electron chi connectivity index (χ3n) is 21.1. The molecule has 0 aliphatic heterocycles. The SMILES string of the molecule is CC(CCC(=O)OCOC(=O)CCC(C)C1CCC2C3CCC4CC(O)CCC4(C)C3CC(O)C12C)C1CCC2C3CCC4CC(O)CCC4(C)C3CC(O)C12C. The fourth-order valence-corrected chi connectivity index (χ4v) is 17.7. The molecule has 0 spiro atoms. The van der Waals surface area contributed by atoms with Gasteiger partial charge in [0.05, 0.1) is 24.4 Å². The highest BCUT2D eigenvalue weighted by Gasteiger charge is 2.65. The van der Waals surface area contributed by atoms with Gasteiger partial charge in [0, 0.05) is 12.8 Å². The minimum Gasteiger partial charge on any atom is -0.428 e.